The molecule has 0 radical (unpaired) electrons. The van der Waals surface area contributed by atoms with E-state index in [0.717, 1.165) is 10.0 Å². The lowest BCUT2D eigenvalue weighted by Crippen LogP contribution is -2.33. The minimum Gasteiger partial charge on any atom is -0.490 e. The van der Waals surface area contributed by atoms with Crippen molar-refractivity contribution < 1.29 is 19.1 Å². The van der Waals surface area contributed by atoms with Crippen molar-refractivity contribution in [2.45, 2.75) is 39.8 Å². The van der Waals surface area contributed by atoms with Gasteiger partial charge < -0.3 is 14.4 Å². The molecule has 28 heavy (non-hydrogen) atoms. The van der Waals surface area contributed by atoms with Gasteiger partial charge in [-0.1, -0.05) is 30.3 Å². The molecule has 0 saturated heterocycles. The van der Waals surface area contributed by atoms with Gasteiger partial charge in [-0.25, -0.2) is 0 Å². The third-order valence-electron chi connectivity index (χ3n) is 3.94. The summed E-state index contributed by atoms with van der Waals surface area (Å²) in [7, 11) is 0. The molecular formula is C22H26BrNO4. The van der Waals surface area contributed by atoms with Crippen LogP contribution in [0.1, 0.15) is 43.1 Å². The number of benzene rings is 2. The van der Waals surface area contributed by atoms with Crippen molar-refractivity contribution in [3.63, 3.8) is 0 Å². The first-order chi connectivity index (χ1) is 13.4. The molecule has 0 unspecified atom stereocenters. The van der Waals surface area contributed by atoms with Gasteiger partial charge in [0.15, 0.2) is 0 Å². The summed E-state index contributed by atoms with van der Waals surface area (Å²) in [6, 6.07) is 15.0. The molecule has 0 heterocycles. The van der Waals surface area contributed by atoms with Crippen LogP contribution in [0.3, 0.4) is 0 Å². The lowest BCUT2D eigenvalue weighted by Gasteiger charge is -2.23. The number of esters is 1. The summed E-state index contributed by atoms with van der Waals surface area (Å²) in [6.07, 6.45) is 0.194. The number of halogens is 1. The van der Waals surface area contributed by atoms with Gasteiger partial charge in [0.2, 0.25) is 0 Å². The summed E-state index contributed by atoms with van der Waals surface area (Å²) in [5.41, 5.74) is 1.53. The molecule has 0 aliphatic rings. The highest BCUT2D eigenvalue weighted by molar-refractivity contribution is 9.10. The summed E-state index contributed by atoms with van der Waals surface area (Å²) in [6.45, 7) is 6.69. The van der Waals surface area contributed by atoms with E-state index in [1.165, 1.54) is 0 Å². The van der Waals surface area contributed by atoms with E-state index in [1.807, 2.05) is 44.2 Å². The molecule has 1 amide bonds. The molecule has 6 heteroatoms. The van der Waals surface area contributed by atoms with Crippen molar-refractivity contribution in [3.05, 3.63) is 64.1 Å². The van der Waals surface area contributed by atoms with E-state index < -0.39 is 0 Å². The van der Waals surface area contributed by atoms with E-state index in [0.29, 0.717) is 24.5 Å². The average Bonchev–Trinajstić information content (AvgIpc) is 2.67. The Kier molecular flexibility index (Phi) is 8.51. The fourth-order valence-electron chi connectivity index (χ4n) is 2.68. The van der Waals surface area contributed by atoms with E-state index in [4.69, 9.17) is 9.47 Å². The number of hydrogen-bond acceptors (Lipinski definition) is 4. The number of rotatable bonds is 9. The van der Waals surface area contributed by atoms with Crippen LogP contribution in [-0.4, -0.2) is 36.0 Å². The van der Waals surface area contributed by atoms with Gasteiger partial charge in [0.05, 0.1) is 23.6 Å². The third-order valence-corrected chi connectivity index (χ3v) is 4.56. The average molecular weight is 448 g/mol. The van der Waals surface area contributed by atoms with Crippen LogP contribution in [-0.2, 0) is 16.1 Å². The molecule has 0 saturated carbocycles. The highest BCUT2D eigenvalue weighted by Gasteiger charge is 2.19. The van der Waals surface area contributed by atoms with Gasteiger partial charge in [-0.05, 0) is 60.5 Å². The first-order valence-electron chi connectivity index (χ1n) is 9.35. The molecule has 0 N–H and O–H groups in total. The second kappa shape index (κ2) is 10.9. The zero-order valence-corrected chi connectivity index (χ0v) is 18.1. The minimum atomic E-state index is -0.310. The highest BCUT2D eigenvalue weighted by Crippen LogP contribution is 2.27. The lowest BCUT2D eigenvalue weighted by atomic mass is 10.1. The number of nitrogens with zero attached hydrogens (tertiary/aromatic N) is 1. The predicted octanol–water partition coefficient (Wildman–Crippen LogP) is 4.83. The van der Waals surface area contributed by atoms with Crippen molar-refractivity contribution in [3.8, 4) is 5.75 Å². The third kappa shape index (κ3) is 6.68. The topological polar surface area (TPSA) is 55.8 Å². The quantitative estimate of drug-likeness (QED) is 0.516. The normalized spacial score (nSPS) is 10.6. The van der Waals surface area contributed by atoms with Crippen molar-refractivity contribution in [1.82, 2.24) is 4.90 Å². The smallest absolute Gasteiger partial charge is 0.307 e. The van der Waals surface area contributed by atoms with E-state index >= 15 is 0 Å². The molecule has 2 aromatic carbocycles. The van der Waals surface area contributed by atoms with Crippen molar-refractivity contribution in [2.24, 2.45) is 0 Å². The number of amides is 1. The maximum atomic E-state index is 13.1. The molecule has 0 fully saturated rings. The van der Waals surface area contributed by atoms with Gasteiger partial charge in [-0.2, -0.15) is 0 Å². The molecule has 2 aromatic rings. The van der Waals surface area contributed by atoms with E-state index in [1.54, 1.807) is 30.0 Å². The Balaban J connectivity index is 2.19. The second-order valence-corrected chi connectivity index (χ2v) is 7.43. The highest BCUT2D eigenvalue weighted by atomic mass is 79.9. The fourth-order valence-corrected chi connectivity index (χ4v) is 3.15. The molecular weight excluding hydrogens is 422 g/mol. The monoisotopic (exact) mass is 447 g/mol. The molecule has 2 rings (SSSR count). The van der Waals surface area contributed by atoms with Crippen molar-refractivity contribution in [1.29, 1.82) is 0 Å². The van der Waals surface area contributed by atoms with Gasteiger partial charge in [0.25, 0.3) is 5.91 Å². The van der Waals surface area contributed by atoms with Gasteiger partial charge in [0.1, 0.15) is 5.75 Å². The maximum Gasteiger partial charge on any atom is 0.307 e. The fraction of sp³-hybridized carbons (Fsp3) is 0.364. The number of ether oxygens (including phenoxy) is 2. The Hall–Kier alpha value is -2.34. The van der Waals surface area contributed by atoms with E-state index in [9.17, 15) is 9.59 Å². The zero-order valence-electron chi connectivity index (χ0n) is 16.5. The van der Waals surface area contributed by atoms with Crippen LogP contribution in [0.5, 0.6) is 5.75 Å². The standard InChI is InChI=1S/C22H26BrNO4/c1-4-27-21(25)12-13-24(15-17-8-6-5-7-9-17)22(26)18-10-11-20(19(23)14-18)28-16(2)3/h5-11,14,16H,4,12-13,15H2,1-3H3. The Morgan fingerprint density at radius 2 is 1.82 bits per heavy atom. The second-order valence-electron chi connectivity index (χ2n) is 6.58. The van der Waals surface area contributed by atoms with Crippen LogP contribution in [0.25, 0.3) is 0 Å². The predicted molar refractivity (Wildman–Crippen MR) is 112 cm³/mol. The van der Waals surface area contributed by atoms with Crippen molar-refractivity contribution in [2.75, 3.05) is 13.2 Å². The Morgan fingerprint density at radius 1 is 1.11 bits per heavy atom. The van der Waals surface area contributed by atoms with Crippen LogP contribution >= 0.6 is 15.9 Å². The first-order valence-corrected chi connectivity index (χ1v) is 10.1. The summed E-state index contributed by atoms with van der Waals surface area (Å²) < 4.78 is 11.4. The van der Waals surface area contributed by atoms with Gasteiger partial charge in [-0.15, -0.1) is 0 Å². The summed E-state index contributed by atoms with van der Waals surface area (Å²) in [5, 5.41) is 0. The summed E-state index contributed by atoms with van der Waals surface area (Å²) >= 11 is 3.47. The largest absolute Gasteiger partial charge is 0.490 e. The van der Waals surface area contributed by atoms with Crippen LogP contribution < -0.4 is 4.74 Å². The minimum absolute atomic E-state index is 0.0389. The molecule has 0 bridgehead atoms. The van der Waals surface area contributed by atoms with Gasteiger partial charge in [0, 0.05) is 18.7 Å². The van der Waals surface area contributed by atoms with Crippen LogP contribution in [0.2, 0.25) is 0 Å². The lowest BCUT2D eigenvalue weighted by molar-refractivity contribution is -0.143. The van der Waals surface area contributed by atoms with Crippen LogP contribution in [0.15, 0.2) is 53.0 Å². The molecule has 5 nitrogen and oxygen atoms in total. The summed E-state index contributed by atoms with van der Waals surface area (Å²) in [4.78, 5) is 26.6. The van der Waals surface area contributed by atoms with Gasteiger partial charge >= 0.3 is 5.97 Å². The van der Waals surface area contributed by atoms with E-state index in [-0.39, 0.29) is 30.9 Å². The van der Waals surface area contributed by atoms with Crippen LogP contribution in [0.4, 0.5) is 0 Å². The van der Waals surface area contributed by atoms with E-state index in [2.05, 4.69) is 15.9 Å². The summed E-state index contributed by atoms with van der Waals surface area (Å²) in [5.74, 6) is 0.229. The Labute approximate surface area is 174 Å². The van der Waals surface area contributed by atoms with Gasteiger partial charge in [-0.3, -0.25) is 9.59 Å². The number of hydrogen-bond donors (Lipinski definition) is 0. The maximum absolute atomic E-state index is 13.1. The molecule has 0 aliphatic heterocycles. The molecule has 150 valence electrons. The molecule has 0 atom stereocenters. The van der Waals surface area contributed by atoms with Crippen LogP contribution in [0, 0.1) is 0 Å². The van der Waals surface area contributed by atoms with Crippen molar-refractivity contribution >= 4 is 27.8 Å². The number of carbonyl (C=O) groups is 2. The SMILES string of the molecule is CCOC(=O)CCN(Cc1ccccc1)C(=O)c1ccc(OC(C)C)c(Br)c1. The molecule has 0 spiro atoms. The first kappa shape index (κ1) is 22.0. The molecule has 0 aliphatic carbocycles. The Bertz CT molecular complexity index is 792. The number of carbonyl (C=O) groups excluding carboxylic acids is 2. The Morgan fingerprint density at radius 3 is 2.43 bits per heavy atom. The molecule has 0 aromatic heterocycles. The zero-order chi connectivity index (χ0) is 20.5.